The average molecular weight is 330 g/mol. The molecule has 6 heteroatoms. The number of fused-ring (bicyclic) bond motifs is 3. The predicted octanol–water partition coefficient (Wildman–Crippen LogP) is 2.86. The molecule has 1 atom stereocenters. The van der Waals surface area contributed by atoms with Crippen molar-refractivity contribution in [3.8, 4) is 0 Å². The van der Waals surface area contributed by atoms with Gasteiger partial charge in [-0.1, -0.05) is 32.0 Å². The summed E-state index contributed by atoms with van der Waals surface area (Å²) in [5, 5.41) is 1.08. The molecule has 3 rings (SSSR count). The highest BCUT2D eigenvalue weighted by Crippen LogP contribution is 2.31. The molecule has 0 saturated carbocycles. The Morgan fingerprint density at radius 3 is 2.79 bits per heavy atom. The van der Waals surface area contributed by atoms with E-state index in [2.05, 4.69) is 4.98 Å². The quantitative estimate of drug-likeness (QED) is 0.879. The third kappa shape index (κ3) is 2.96. The van der Waals surface area contributed by atoms with Crippen molar-refractivity contribution in [2.75, 3.05) is 13.7 Å². The molecule has 0 spiro atoms. The van der Waals surface area contributed by atoms with Crippen molar-refractivity contribution in [2.24, 2.45) is 5.92 Å². The molecule has 2 heterocycles. The van der Waals surface area contributed by atoms with Gasteiger partial charge in [0.25, 0.3) is 0 Å². The number of hydrogen-bond donors (Lipinski definition) is 1. The fourth-order valence-corrected chi connectivity index (χ4v) is 3.07. The summed E-state index contributed by atoms with van der Waals surface area (Å²) in [5.74, 6) is -0.189. The third-order valence-electron chi connectivity index (χ3n) is 4.25. The number of aromatic nitrogens is 1. The standard InChI is InChI=1S/C18H22N2O4/c1-11(2)10-24-18(22)20-9-15-13(8-16(20)17(21)23-3)12-6-4-5-7-14(12)19-15/h4-7,11,16,19H,8-10H2,1-3H3/t16-/m1/s1. The van der Waals surface area contributed by atoms with E-state index in [0.29, 0.717) is 19.6 Å². The van der Waals surface area contributed by atoms with Crippen LogP contribution in [0.25, 0.3) is 10.9 Å². The van der Waals surface area contributed by atoms with Gasteiger partial charge in [0.2, 0.25) is 0 Å². The molecule has 1 amide bonds. The first-order valence-corrected chi connectivity index (χ1v) is 8.11. The maximum atomic E-state index is 12.4. The van der Waals surface area contributed by atoms with Gasteiger partial charge in [0.15, 0.2) is 0 Å². The second-order valence-electron chi connectivity index (χ2n) is 6.47. The van der Waals surface area contributed by atoms with Crippen LogP contribution in [-0.2, 0) is 27.2 Å². The summed E-state index contributed by atoms with van der Waals surface area (Å²) in [6.45, 7) is 4.57. The van der Waals surface area contributed by atoms with E-state index in [0.717, 1.165) is 22.2 Å². The van der Waals surface area contributed by atoms with Crippen LogP contribution in [-0.4, -0.2) is 41.7 Å². The lowest BCUT2D eigenvalue weighted by atomic mass is 9.97. The molecule has 128 valence electrons. The number of methoxy groups -OCH3 is 1. The second-order valence-corrected chi connectivity index (χ2v) is 6.47. The Kier molecular flexibility index (Phi) is 4.46. The molecule has 1 aromatic heterocycles. The van der Waals surface area contributed by atoms with E-state index in [1.807, 2.05) is 38.1 Å². The maximum Gasteiger partial charge on any atom is 0.410 e. The Balaban J connectivity index is 1.93. The largest absolute Gasteiger partial charge is 0.467 e. The van der Waals surface area contributed by atoms with Crippen LogP contribution in [0.2, 0.25) is 0 Å². The van der Waals surface area contributed by atoms with Crippen molar-refractivity contribution < 1.29 is 19.1 Å². The molecule has 0 saturated heterocycles. The van der Waals surface area contributed by atoms with Gasteiger partial charge in [-0.05, 0) is 17.5 Å². The van der Waals surface area contributed by atoms with Crippen molar-refractivity contribution >= 4 is 23.0 Å². The summed E-state index contributed by atoms with van der Waals surface area (Å²) in [6.07, 6.45) is -0.0635. The van der Waals surface area contributed by atoms with Gasteiger partial charge in [-0.25, -0.2) is 9.59 Å². The Hall–Kier alpha value is -2.50. The number of rotatable bonds is 3. The lowest BCUT2D eigenvalue weighted by Crippen LogP contribution is -2.49. The Morgan fingerprint density at radius 1 is 1.33 bits per heavy atom. The van der Waals surface area contributed by atoms with Crippen LogP contribution in [0.1, 0.15) is 25.1 Å². The average Bonchev–Trinajstić information content (AvgIpc) is 2.95. The van der Waals surface area contributed by atoms with E-state index in [9.17, 15) is 9.59 Å². The first-order chi connectivity index (χ1) is 11.5. The molecule has 0 bridgehead atoms. The molecular formula is C18H22N2O4. The van der Waals surface area contributed by atoms with Crippen LogP contribution >= 0.6 is 0 Å². The minimum Gasteiger partial charge on any atom is -0.467 e. The first-order valence-electron chi connectivity index (χ1n) is 8.11. The number of H-pyrrole nitrogens is 1. The fraction of sp³-hybridized carbons (Fsp3) is 0.444. The third-order valence-corrected chi connectivity index (χ3v) is 4.25. The number of ether oxygens (including phenoxy) is 2. The number of aromatic amines is 1. The summed E-state index contributed by atoms with van der Waals surface area (Å²) >= 11 is 0. The van der Waals surface area contributed by atoms with Crippen molar-refractivity contribution in [1.29, 1.82) is 0 Å². The molecule has 1 aromatic carbocycles. The zero-order valence-electron chi connectivity index (χ0n) is 14.2. The van der Waals surface area contributed by atoms with Gasteiger partial charge in [-0.2, -0.15) is 0 Å². The van der Waals surface area contributed by atoms with Gasteiger partial charge >= 0.3 is 12.1 Å². The van der Waals surface area contributed by atoms with Gasteiger partial charge in [-0.15, -0.1) is 0 Å². The van der Waals surface area contributed by atoms with Gasteiger partial charge in [-0.3, -0.25) is 4.90 Å². The molecule has 0 fully saturated rings. The Morgan fingerprint density at radius 2 is 2.08 bits per heavy atom. The number of esters is 1. The number of hydrogen-bond acceptors (Lipinski definition) is 4. The van der Waals surface area contributed by atoms with E-state index in [4.69, 9.17) is 9.47 Å². The molecule has 2 aromatic rings. The predicted molar refractivity (Wildman–Crippen MR) is 89.5 cm³/mol. The monoisotopic (exact) mass is 330 g/mol. The van der Waals surface area contributed by atoms with Crippen molar-refractivity contribution in [3.63, 3.8) is 0 Å². The lowest BCUT2D eigenvalue weighted by molar-refractivity contribution is -0.147. The summed E-state index contributed by atoms with van der Waals surface area (Å²) in [6, 6.07) is 7.26. The summed E-state index contributed by atoms with van der Waals surface area (Å²) in [5.41, 5.74) is 3.01. The van der Waals surface area contributed by atoms with Gasteiger partial charge in [0.1, 0.15) is 6.04 Å². The van der Waals surface area contributed by atoms with E-state index >= 15 is 0 Å². The summed E-state index contributed by atoms with van der Waals surface area (Å²) in [7, 11) is 1.34. The van der Waals surface area contributed by atoms with Crippen molar-refractivity contribution in [2.45, 2.75) is 32.9 Å². The van der Waals surface area contributed by atoms with Crippen LogP contribution in [0.5, 0.6) is 0 Å². The molecule has 6 nitrogen and oxygen atoms in total. The van der Waals surface area contributed by atoms with Gasteiger partial charge in [0.05, 0.1) is 20.3 Å². The zero-order chi connectivity index (χ0) is 17.3. The minimum atomic E-state index is -0.665. The number of benzene rings is 1. The highest BCUT2D eigenvalue weighted by atomic mass is 16.6. The highest BCUT2D eigenvalue weighted by molar-refractivity contribution is 5.88. The number of amides is 1. The summed E-state index contributed by atoms with van der Waals surface area (Å²) < 4.78 is 10.2. The maximum absolute atomic E-state index is 12.4. The van der Waals surface area contributed by atoms with Crippen LogP contribution in [0.15, 0.2) is 24.3 Å². The fourth-order valence-electron chi connectivity index (χ4n) is 3.07. The molecule has 0 aliphatic carbocycles. The minimum absolute atomic E-state index is 0.235. The number of nitrogens with zero attached hydrogens (tertiary/aromatic N) is 1. The van der Waals surface area contributed by atoms with Crippen LogP contribution < -0.4 is 0 Å². The summed E-state index contributed by atoms with van der Waals surface area (Å²) in [4.78, 5) is 29.4. The Labute approximate surface area is 140 Å². The van der Waals surface area contributed by atoms with E-state index in [1.165, 1.54) is 12.0 Å². The number of para-hydroxylation sites is 1. The number of carbonyl (C=O) groups is 2. The van der Waals surface area contributed by atoms with E-state index in [-0.39, 0.29) is 5.92 Å². The molecule has 1 N–H and O–H groups in total. The van der Waals surface area contributed by atoms with Gasteiger partial charge < -0.3 is 14.5 Å². The van der Waals surface area contributed by atoms with Gasteiger partial charge in [0, 0.05) is 23.0 Å². The highest BCUT2D eigenvalue weighted by Gasteiger charge is 2.38. The van der Waals surface area contributed by atoms with Crippen LogP contribution in [0, 0.1) is 5.92 Å². The SMILES string of the molecule is COC(=O)[C@H]1Cc2c([nH]c3ccccc23)CN1C(=O)OCC(C)C. The molecule has 1 aliphatic rings. The van der Waals surface area contributed by atoms with Crippen molar-refractivity contribution in [3.05, 3.63) is 35.5 Å². The molecule has 1 aliphatic heterocycles. The number of carbonyl (C=O) groups excluding carboxylic acids is 2. The van der Waals surface area contributed by atoms with Crippen LogP contribution in [0.3, 0.4) is 0 Å². The molecule has 24 heavy (non-hydrogen) atoms. The zero-order valence-corrected chi connectivity index (χ0v) is 14.2. The second kappa shape index (κ2) is 6.55. The smallest absolute Gasteiger partial charge is 0.410 e. The first kappa shape index (κ1) is 16.4. The normalized spacial score (nSPS) is 17.0. The molecular weight excluding hydrogens is 308 g/mol. The topological polar surface area (TPSA) is 71.6 Å². The van der Waals surface area contributed by atoms with E-state index < -0.39 is 18.1 Å². The number of nitrogens with one attached hydrogen (secondary N) is 1. The molecule has 0 radical (unpaired) electrons. The van der Waals surface area contributed by atoms with Crippen molar-refractivity contribution in [1.82, 2.24) is 9.88 Å². The van der Waals surface area contributed by atoms with E-state index in [1.54, 1.807) is 0 Å². The Bertz CT molecular complexity index is 765. The lowest BCUT2D eigenvalue weighted by Gasteiger charge is -2.33. The van der Waals surface area contributed by atoms with Crippen LogP contribution in [0.4, 0.5) is 4.79 Å². The molecule has 0 unspecified atom stereocenters.